The highest BCUT2D eigenvalue weighted by Gasteiger charge is 2.15. The number of nitrogens with zero attached hydrogens (tertiary/aromatic N) is 2. The Balaban J connectivity index is 1.83. The second-order valence-corrected chi connectivity index (χ2v) is 8.66. The van der Waals surface area contributed by atoms with Crippen molar-refractivity contribution in [2.24, 2.45) is 0 Å². The lowest BCUT2D eigenvalue weighted by Gasteiger charge is -2.08. The third-order valence-corrected chi connectivity index (χ3v) is 6.13. The number of rotatable bonds is 7. The molecule has 1 unspecified atom stereocenters. The highest BCUT2D eigenvalue weighted by Crippen LogP contribution is 2.30. The van der Waals surface area contributed by atoms with E-state index in [1.165, 1.54) is 11.3 Å². The number of amides is 1. The van der Waals surface area contributed by atoms with Crippen molar-refractivity contribution in [3.05, 3.63) is 71.8 Å². The number of hydrogen-bond donors (Lipinski definition) is 1. The zero-order chi connectivity index (χ0) is 19.1. The number of hydrogen-bond acceptors (Lipinski definition) is 5. The summed E-state index contributed by atoms with van der Waals surface area (Å²) in [6.45, 7) is 4.29. The van der Waals surface area contributed by atoms with Gasteiger partial charge in [-0.3, -0.25) is 10.1 Å². The minimum absolute atomic E-state index is 0.193. The number of anilines is 1. The first-order chi connectivity index (χ1) is 13.2. The standard InChI is InChI=1S/C21H21N3OS2/c1-3-15(2)26-21-24-23-20(27-21)22-19(25)18(17-12-8-5-9-13-17)14-16-10-6-4-7-11-16/h4-15H,3H2,1-2H3,(H,22,23,25)/b18-14+. The summed E-state index contributed by atoms with van der Waals surface area (Å²) in [4.78, 5) is 13.0. The summed E-state index contributed by atoms with van der Waals surface area (Å²) in [5, 5.41) is 12.2. The van der Waals surface area contributed by atoms with Crippen molar-refractivity contribution in [2.45, 2.75) is 29.9 Å². The molecule has 138 valence electrons. The van der Waals surface area contributed by atoms with Crippen LogP contribution in [0.15, 0.2) is 65.0 Å². The first kappa shape index (κ1) is 19.3. The third kappa shape index (κ3) is 5.52. The summed E-state index contributed by atoms with van der Waals surface area (Å²) in [6, 6.07) is 19.5. The molecule has 0 aliphatic rings. The van der Waals surface area contributed by atoms with E-state index in [1.54, 1.807) is 11.8 Å². The van der Waals surface area contributed by atoms with Gasteiger partial charge in [-0.1, -0.05) is 97.6 Å². The van der Waals surface area contributed by atoms with Crippen molar-refractivity contribution in [1.82, 2.24) is 10.2 Å². The highest BCUT2D eigenvalue weighted by molar-refractivity contribution is 8.01. The summed E-state index contributed by atoms with van der Waals surface area (Å²) >= 11 is 3.08. The van der Waals surface area contributed by atoms with Crippen LogP contribution >= 0.6 is 23.1 Å². The monoisotopic (exact) mass is 395 g/mol. The summed E-state index contributed by atoms with van der Waals surface area (Å²) in [5.41, 5.74) is 2.42. The van der Waals surface area contributed by atoms with E-state index in [0.29, 0.717) is 16.0 Å². The van der Waals surface area contributed by atoms with Gasteiger partial charge in [-0.25, -0.2) is 0 Å². The maximum Gasteiger partial charge on any atom is 0.258 e. The Morgan fingerprint density at radius 3 is 2.44 bits per heavy atom. The molecule has 0 saturated heterocycles. The van der Waals surface area contributed by atoms with E-state index in [0.717, 1.165) is 21.9 Å². The van der Waals surface area contributed by atoms with Crippen LogP contribution in [-0.2, 0) is 4.79 Å². The molecular weight excluding hydrogens is 374 g/mol. The first-order valence-corrected chi connectivity index (χ1v) is 10.5. The van der Waals surface area contributed by atoms with Crippen molar-refractivity contribution >= 4 is 45.8 Å². The van der Waals surface area contributed by atoms with E-state index in [2.05, 4.69) is 29.4 Å². The van der Waals surface area contributed by atoms with Gasteiger partial charge in [0.05, 0.1) is 0 Å². The second kappa shape index (κ2) is 9.48. The lowest BCUT2D eigenvalue weighted by Crippen LogP contribution is -2.13. The van der Waals surface area contributed by atoms with Crippen LogP contribution in [0.1, 0.15) is 31.4 Å². The van der Waals surface area contributed by atoms with Crippen LogP contribution in [0.5, 0.6) is 0 Å². The fourth-order valence-electron chi connectivity index (χ4n) is 2.34. The molecule has 6 heteroatoms. The highest BCUT2D eigenvalue weighted by atomic mass is 32.2. The van der Waals surface area contributed by atoms with Gasteiger partial charge < -0.3 is 0 Å². The molecule has 27 heavy (non-hydrogen) atoms. The largest absolute Gasteiger partial charge is 0.296 e. The van der Waals surface area contributed by atoms with E-state index in [1.807, 2.05) is 66.7 Å². The molecular formula is C21H21N3OS2. The van der Waals surface area contributed by atoms with Gasteiger partial charge in [0, 0.05) is 10.8 Å². The fourth-order valence-corrected chi connectivity index (χ4v) is 4.33. The van der Waals surface area contributed by atoms with Crippen LogP contribution in [0.4, 0.5) is 5.13 Å². The average Bonchev–Trinajstić information content (AvgIpc) is 3.14. The summed E-state index contributed by atoms with van der Waals surface area (Å²) in [7, 11) is 0. The predicted octanol–water partition coefficient (Wildman–Crippen LogP) is 5.61. The fraction of sp³-hybridized carbons (Fsp3) is 0.190. The Bertz CT molecular complexity index is 907. The van der Waals surface area contributed by atoms with Crippen molar-refractivity contribution in [1.29, 1.82) is 0 Å². The Labute approximate surface area is 167 Å². The molecule has 3 aromatic rings. The SMILES string of the molecule is CCC(C)Sc1nnc(NC(=O)/C(=C/c2ccccc2)c2ccccc2)s1. The van der Waals surface area contributed by atoms with Gasteiger partial charge in [-0.05, 0) is 23.6 Å². The van der Waals surface area contributed by atoms with Crippen molar-refractivity contribution in [3.63, 3.8) is 0 Å². The Morgan fingerprint density at radius 1 is 1.11 bits per heavy atom. The van der Waals surface area contributed by atoms with E-state index >= 15 is 0 Å². The number of benzene rings is 2. The molecule has 1 atom stereocenters. The topological polar surface area (TPSA) is 54.9 Å². The minimum atomic E-state index is -0.193. The van der Waals surface area contributed by atoms with Gasteiger partial charge in [-0.2, -0.15) is 0 Å². The van der Waals surface area contributed by atoms with Crippen molar-refractivity contribution < 1.29 is 4.79 Å². The Hall–Kier alpha value is -2.44. The average molecular weight is 396 g/mol. The molecule has 1 amide bonds. The van der Waals surface area contributed by atoms with Crippen molar-refractivity contribution in [3.8, 4) is 0 Å². The third-order valence-electron chi connectivity index (χ3n) is 3.94. The van der Waals surface area contributed by atoms with Crippen LogP contribution in [0.2, 0.25) is 0 Å². The second-order valence-electron chi connectivity index (χ2n) is 6.00. The summed E-state index contributed by atoms with van der Waals surface area (Å²) in [6.07, 6.45) is 2.95. The van der Waals surface area contributed by atoms with Crippen LogP contribution < -0.4 is 5.32 Å². The molecule has 2 aromatic carbocycles. The van der Waals surface area contributed by atoms with E-state index in [4.69, 9.17) is 0 Å². The molecule has 0 aliphatic heterocycles. The smallest absolute Gasteiger partial charge is 0.258 e. The number of aromatic nitrogens is 2. The molecule has 0 bridgehead atoms. The number of nitrogens with one attached hydrogen (secondary N) is 1. The van der Waals surface area contributed by atoms with Crippen LogP contribution in [0, 0.1) is 0 Å². The lowest BCUT2D eigenvalue weighted by molar-refractivity contribution is -0.111. The molecule has 3 rings (SSSR count). The Kier molecular flexibility index (Phi) is 6.79. The van der Waals surface area contributed by atoms with Gasteiger partial charge in [0.1, 0.15) is 0 Å². The molecule has 0 saturated carbocycles. The molecule has 0 fully saturated rings. The molecule has 1 N–H and O–H groups in total. The van der Waals surface area contributed by atoms with Gasteiger partial charge in [0.15, 0.2) is 4.34 Å². The van der Waals surface area contributed by atoms with Gasteiger partial charge in [0.2, 0.25) is 5.13 Å². The Morgan fingerprint density at radius 2 is 1.78 bits per heavy atom. The molecule has 0 spiro atoms. The van der Waals surface area contributed by atoms with Crippen LogP contribution in [-0.4, -0.2) is 21.4 Å². The van der Waals surface area contributed by atoms with E-state index < -0.39 is 0 Å². The van der Waals surface area contributed by atoms with Crippen LogP contribution in [0.25, 0.3) is 11.6 Å². The number of carbonyl (C=O) groups excluding carboxylic acids is 1. The minimum Gasteiger partial charge on any atom is -0.296 e. The summed E-state index contributed by atoms with van der Waals surface area (Å²) in [5.74, 6) is -0.193. The van der Waals surface area contributed by atoms with Gasteiger partial charge >= 0.3 is 0 Å². The summed E-state index contributed by atoms with van der Waals surface area (Å²) < 4.78 is 0.868. The van der Waals surface area contributed by atoms with Gasteiger partial charge in [-0.15, -0.1) is 10.2 Å². The molecule has 1 aromatic heterocycles. The zero-order valence-electron chi connectivity index (χ0n) is 15.3. The zero-order valence-corrected chi connectivity index (χ0v) is 16.9. The number of carbonyl (C=O) groups is 1. The van der Waals surface area contributed by atoms with E-state index in [9.17, 15) is 4.79 Å². The maximum absolute atomic E-state index is 13.0. The molecule has 0 aliphatic carbocycles. The quantitative estimate of drug-likeness (QED) is 0.245. The van der Waals surface area contributed by atoms with Gasteiger partial charge in [0.25, 0.3) is 5.91 Å². The van der Waals surface area contributed by atoms with Crippen molar-refractivity contribution in [2.75, 3.05) is 5.32 Å². The molecule has 1 heterocycles. The normalized spacial score (nSPS) is 12.6. The first-order valence-electron chi connectivity index (χ1n) is 8.79. The molecule has 0 radical (unpaired) electrons. The van der Waals surface area contributed by atoms with Crippen LogP contribution in [0.3, 0.4) is 0 Å². The predicted molar refractivity (Wildman–Crippen MR) is 115 cm³/mol. The molecule has 4 nitrogen and oxygen atoms in total. The number of thioether (sulfide) groups is 1. The maximum atomic E-state index is 13.0. The van der Waals surface area contributed by atoms with E-state index in [-0.39, 0.29) is 5.91 Å². The lowest BCUT2D eigenvalue weighted by atomic mass is 10.0.